The van der Waals surface area contributed by atoms with E-state index in [0.717, 1.165) is 23.4 Å². The topological polar surface area (TPSA) is 50.8 Å². The maximum Gasteiger partial charge on any atom is 0.157 e. The number of rotatable bonds is 1. The van der Waals surface area contributed by atoms with Gasteiger partial charge in [0.1, 0.15) is 10.3 Å². The maximum atomic E-state index is 5.82. The van der Waals surface area contributed by atoms with Gasteiger partial charge in [-0.1, -0.05) is 23.8 Å². The third kappa shape index (κ3) is 2.16. The van der Waals surface area contributed by atoms with Crippen LogP contribution in [0.15, 0.2) is 18.3 Å². The van der Waals surface area contributed by atoms with E-state index in [1.54, 1.807) is 12.3 Å². The minimum absolute atomic E-state index is 0.534. The van der Waals surface area contributed by atoms with Crippen molar-refractivity contribution in [2.75, 3.05) is 6.61 Å². The summed E-state index contributed by atoms with van der Waals surface area (Å²) in [5.41, 5.74) is 2.81. The van der Waals surface area contributed by atoms with Crippen molar-refractivity contribution in [3.63, 3.8) is 0 Å². The highest BCUT2D eigenvalue weighted by Crippen LogP contribution is 2.20. The molecule has 0 amide bonds. The summed E-state index contributed by atoms with van der Waals surface area (Å²) in [5.74, 6) is 0.678. The summed E-state index contributed by atoms with van der Waals surface area (Å²) in [4.78, 5) is 11.9. The van der Waals surface area contributed by atoms with E-state index in [1.807, 2.05) is 6.07 Å². The molecule has 1 aliphatic heterocycles. The molecular formula is C12H10ClN3OS. The van der Waals surface area contributed by atoms with Crippen LogP contribution in [0, 0.1) is 4.64 Å². The zero-order valence-electron chi connectivity index (χ0n) is 9.44. The number of aromatic amines is 1. The average molecular weight is 280 g/mol. The normalized spacial score (nSPS) is 14.3. The number of nitrogens with one attached hydrogen (secondary N) is 1. The van der Waals surface area contributed by atoms with Crippen LogP contribution in [0.3, 0.4) is 0 Å². The number of ether oxygens (including phenoxy) is 1. The second kappa shape index (κ2) is 4.76. The lowest BCUT2D eigenvalue weighted by Gasteiger charge is -2.16. The van der Waals surface area contributed by atoms with Crippen molar-refractivity contribution >= 4 is 23.8 Å². The zero-order chi connectivity index (χ0) is 12.5. The molecule has 4 nitrogen and oxygen atoms in total. The third-order valence-electron chi connectivity index (χ3n) is 2.82. The summed E-state index contributed by atoms with van der Waals surface area (Å²) < 4.78 is 5.96. The predicted molar refractivity (Wildman–Crippen MR) is 71.0 cm³/mol. The standard InChI is InChI=1S/C12H10ClN3OS/c13-7-1-2-10(14-5-7)11-15-9-3-4-17-6-8(9)12(18)16-11/h1-2,5H,3-4,6H2,(H,15,16,18). The molecule has 6 heteroatoms. The summed E-state index contributed by atoms with van der Waals surface area (Å²) in [6, 6.07) is 3.60. The molecular weight excluding hydrogens is 270 g/mol. The van der Waals surface area contributed by atoms with Gasteiger partial charge in [0, 0.05) is 23.9 Å². The van der Waals surface area contributed by atoms with Crippen molar-refractivity contribution in [2.45, 2.75) is 13.0 Å². The molecule has 1 aliphatic rings. The van der Waals surface area contributed by atoms with Gasteiger partial charge < -0.3 is 9.72 Å². The van der Waals surface area contributed by atoms with Crippen LogP contribution in [0.4, 0.5) is 0 Å². The van der Waals surface area contributed by atoms with Gasteiger partial charge in [0.15, 0.2) is 5.82 Å². The Bertz CT molecular complexity index is 639. The van der Waals surface area contributed by atoms with Crippen LogP contribution in [0.5, 0.6) is 0 Å². The largest absolute Gasteiger partial charge is 0.376 e. The molecule has 0 bridgehead atoms. The highest BCUT2D eigenvalue weighted by atomic mass is 35.5. The molecule has 0 unspecified atom stereocenters. The Hall–Kier alpha value is -1.30. The van der Waals surface area contributed by atoms with Crippen molar-refractivity contribution in [3.8, 4) is 11.5 Å². The molecule has 0 aliphatic carbocycles. The number of H-pyrrole nitrogens is 1. The van der Waals surface area contributed by atoms with Gasteiger partial charge in [0.05, 0.1) is 18.2 Å². The summed E-state index contributed by atoms with van der Waals surface area (Å²) in [7, 11) is 0. The Morgan fingerprint density at radius 1 is 1.39 bits per heavy atom. The van der Waals surface area contributed by atoms with Gasteiger partial charge in [-0.25, -0.2) is 4.98 Å². The van der Waals surface area contributed by atoms with E-state index in [1.165, 1.54) is 0 Å². The second-order valence-electron chi connectivity index (χ2n) is 4.01. The van der Waals surface area contributed by atoms with Crippen molar-refractivity contribution < 1.29 is 4.74 Å². The Labute approximate surface area is 114 Å². The van der Waals surface area contributed by atoms with Gasteiger partial charge in [-0.3, -0.25) is 4.98 Å². The number of fused-ring (bicyclic) bond motifs is 1. The number of pyridine rings is 1. The molecule has 0 saturated carbocycles. The van der Waals surface area contributed by atoms with E-state index in [9.17, 15) is 0 Å². The molecule has 1 N–H and O–H groups in total. The van der Waals surface area contributed by atoms with Crippen LogP contribution >= 0.6 is 23.8 Å². The molecule has 0 aromatic carbocycles. The SMILES string of the molecule is S=c1nc(-c2ccc(Cl)cn2)[nH]c2c1COCC2. The first kappa shape index (κ1) is 11.8. The number of nitrogens with zero attached hydrogens (tertiary/aromatic N) is 2. The van der Waals surface area contributed by atoms with Crippen LogP contribution in [0.2, 0.25) is 5.02 Å². The Balaban J connectivity index is 2.11. The maximum absolute atomic E-state index is 5.82. The fourth-order valence-electron chi connectivity index (χ4n) is 1.89. The van der Waals surface area contributed by atoms with Gasteiger partial charge in [-0.15, -0.1) is 0 Å². The molecule has 0 radical (unpaired) electrons. The van der Waals surface area contributed by atoms with E-state index < -0.39 is 0 Å². The average Bonchev–Trinajstić information content (AvgIpc) is 2.39. The monoisotopic (exact) mass is 279 g/mol. The molecule has 2 aromatic rings. The van der Waals surface area contributed by atoms with Gasteiger partial charge in [-0.2, -0.15) is 0 Å². The summed E-state index contributed by atoms with van der Waals surface area (Å²) in [5, 5.41) is 0.601. The Kier molecular flexibility index (Phi) is 3.11. The summed E-state index contributed by atoms with van der Waals surface area (Å²) in [6.07, 6.45) is 2.42. The van der Waals surface area contributed by atoms with Crippen molar-refractivity contribution in [1.29, 1.82) is 0 Å². The van der Waals surface area contributed by atoms with Gasteiger partial charge in [0.25, 0.3) is 0 Å². The minimum atomic E-state index is 0.534. The fraction of sp³-hybridized carbons (Fsp3) is 0.250. The molecule has 92 valence electrons. The highest BCUT2D eigenvalue weighted by molar-refractivity contribution is 7.71. The first-order chi connectivity index (χ1) is 8.74. The lowest BCUT2D eigenvalue weighted by Crippen LogP contribution is -2.14. The van der Waals surface area contributed by atoms with Gasteiger partial charge in [-0.05, 0) is 12.1 Å². The minimum Gasteiger partial charge on any atom is -0.376 e. The quantitative estimate of drug-likeness (QED) is 0.816. The molecule has 0 spiro atoms. The molecule has 0 fully saturated rings. The molecule has 2 aromatic heterocycles. The van der Waals surface area contributed by atoms with E-state index >= 15 is 0 Å². The van der Waals surface area contributed by atoms with Gasteiger partial charge in [0.2, 0.25) is 0 Å². The predicted octanol–water partition coefficient (Wildman–Crippen LogP) is 2.93. The smallest absolute Gasteiger partial charge is 0.157 e. The number of aromatic nitrogens is 3. The lowest BCUT2D eigenvalue weighted by atomic mass is 10.1. The molecule has 0 saturated heterocycles. The van der Waals surface area contributed by atoms with Crippen molar-refractivity contribution in [3.05, 3.63) is 39.3 Å². The number of hydrogen-bond acceptors (Lipinski definition) is 4. The fourth-order valence-corrected chi connectivity index (χ4v) is 2.28. The molecule has 18 heavy (non-hydrogen) atoms. The zero-order valence-corrected chi connectivity index (χ0v) is 11.0. The number of hydrogen-bond donors (Lipinski definition) is 1. The molecule has 3 rings (SSSR count). The first-order valence-electron chi connectivity index (χ1n) is 5.56. The molecule has 0 atom stereocenters. The third-order valence-corrected chi connectivity index (χ3v) is 3.38. The van der Waals surface area contributed by atoms with E-state index in [4.69, 9.17) is 28.6 Å². The molecule has 3 heterocycles. The van der Waals surface area contributed by atoms with Crippen LogP contribution in [0.1, 0.15) is 11.3 Å². The summed E-state index contributed by atoms with van der Waals surface area (Å²) in [6.45, 7) is 1.24. The Morgan fingerprint density at radius 2 is 2.28 bits per heavy atom. The van der Waals surface area contributed by atoms with E-state index in [-0.39, 0.29) is 0 Å². The van der Waals surface area contributed by atoms with Crippen molar-refractivity contribution in [2.24, 2.45) is 0 Å². The second-order valence-corrected chi connectivity index (χ2v) is 4.84. The van der Waals surface area contributed by atoms with Crippen LogP contribution in [-0.2, 0) is 17.8 Å². The van der Waals surface area contributed by atoms with E-state index in [2.05, 4.69) is 15.0 Å². The van der Waals surface area contributed by atoms with Crippen molar-refractivity contribution in [1.82, 2.24) is 15.0 Å². The number of halogens is 1. The van der Waals surface area contributed by atoms with Crippen LogP contribution in [0.25, 0.3) is 11.5 Å². The Morgan fingerprint density at radius 3 is 3.06 bits per heavy atom. The van der Waals surface area contributed by atoms with Crippen LogP contribution in [-0.4, -0.2) is 21.6 Å². The highest BCUT2D eigenvalue weighted by Gasteiger charge is 2.14. The summed E-state index contributed by atoms with van der Waals surface area (Å²) >= 11 is 11.1. The van der Waals surface area contributed by atoms with Crippen LogP contribution < -0.4 is 0 Å². The van der Waals surface area contributed by atoms with E-state index in [0.29, 0.717) is 28.7 Å². The van der Waals surface area contributed by atoms with Gasteiger partial charge >= 0.3 is 0 Å². The lowest BCUT2D eigenvalue weighted by molar-refractivity contribution is 0.108. The first-order valence-corrected chi connectivity index (χ1v) is 6.34.